The molecule has 0 bridgehead atoms. The number of rotatable bonds is 22. The van der Waals surface area contributed by atoms with Gasteiger partial charge in [-0.25, -0.2) is 0 Å². The summed E-state index contributed by atoms with van der Waals surface area (Å²) in [5.74, 6) is 0. The molecule has 0 unspecified atom stereocenters. The van der Waals surface area contributed by atoms with Gasteiger partial charge in [0, 0.05) is 40.8 Å². The zero-order valence-corrected chi connectivity index (χ0v) is 26.7. The maximum atomic E-state index is 6.08. The predicted octanol–water partition coefficient (Wildman–Crippen LogP) is 7.18. The third kappa shape index (κ3) is 10.2. The molecule has 6 nitrogen and oxygen atoms in total. The van der Waals surface area contributed by atoms with E-state index in [0.29, 0.717) is 66.1 Å². The summed E-state index contributed by atoms with van der Waals surface area (Å²) in [5, 5.41) is 0. The molecule has 0 radical (unpaired) electrons. The van der Waals surface area contributed by atoms with Crippen LogP contribution in [-0.4, -0.2) is 79.3 Å². The van der Waals surface area contributed by atoms with E-state index in [4.69, 9.17) is 28.4 Å². The molecule has 0 saturated carbocycles. The Morgan fingerprint density at radius 1 is 0.487 bits per heavy atom. The van der Waals surface area contributed by atoms with Crippen LogP contribution in [0.2, 0.25) is 0 Å². The van der Waals surface area contributed by atoms with Crippen molar-refractivity contribution in [1.82, 2.24) is 0 Å². The van der Waals surface area contributed by atoms with Gasteiger partial charge in [-0.2, -0.15) is 0 Å². The lowest BCUT2D eigenvalue weighted by Crippen LogP contribution is -2.30. The molecule has 8 heteroatoms. The quantitative estimate of drug-likeness (QED) is 0.124. The second-order valence-electron chi connectivity index (χ2n) is 9.64. The fraction of sp³-hybridized carbons (Fsp3) is 0.613. The van der Waals surface area contributed by atoms with E-state index in [2.05, 4.69) is 82.1 Å². The summed E-state index contributed by atoms with van der Waals surface area (Å²) in [7, 11) is 0. The lowest BCUT2D eigenvalue weighted by molar-refractivity contribution is 0.00663. The molecule has 0 atom stereocenters. The van der Waals surface area contributed by atoms with E-state index in [9.17, 15) is 0 Å². The van der Waals surface area contributed by atoms with Crippen LogP contribution in [0, 0.1) is 0 Å². The van der Waals surface area contributed by atoms with Gasteiger partial charge in [0.15, 0.2) is 0 Å². The van der Waals surface area contributed by atoms with Crippen molar-refractivity contribution in [1.29, 1.82) is 0 Å². The van der Waals surface area contributed by atoms with E-state index in [1.54, 1.807) is 0 Å². The Balaban J connectivity index is 1.59. The molecule has 0 aliphatic heterocycles. The summed E-state index contributed by atoms with van der Waals surface area (Å²) in [6.07, 6.45) is 3.76. The SMILES string of the molecule is CCCOCCOCCOCCC1(CCOCCOCCOCCC)c2cc(Br)ccc2-c2ccc(Br)cc21. The molecule has 1 aliphatic carbocycles. The average molecular weight is 672 g/mol. The molecule has 0 heterocycles. The highest BCUT2D eigenvalue weighted by Crippen LogP contribution is 2.54. The van der Waals surface area contributed by atoms with Crippen molar-refractivity contribution >= 4 is 31.9 Å². The molecule has 218 valence electrons. The topological polar surface area (TPSA) is 55.4 Å². The van der Waals surface area contributed by atoms with Crippen LogP contribution in [0.3, 0.4) is 0 Å². The van der Waals surface area contributed by atoms with E-state index in [0.717, 1.165) is 47.8 Å². The van der Waals surface area contributed by atoms with Gasteiger partial charge < -0.3 is 28.4 Å². The first-order valence-electron chi connectivity index (χ1n) is 14.2. The Labute approximate surface area is 251 Å². The summed E-state index contributed by atoms with van der Waals surface area (Å²) >= 11 is 7.43. The molecule has 0 N–H and O–H groups in total. The van der Waals surface area contributed by atoms with Gasteiger partial charge in [-0.3, -0.25) is 0 Å². The van der Waals surface area contributed by atoms with Gasteiger partial charge >= 0.3 is 0 Å². The molecule has 1 aliphatic rings. The highest BCUT2D eigenvalue weighted by molar-refractivity contribution is 9.10. The molecule has 2 aromatic rings. The monoisotopic (exact) mass is 670 g/mol. The number of halogens is 2. The van der Waals surface area contributed by atoms with Crippen LogP contribution in [0.1, 0.15) is 50.7 Å². The highest BCUT2D eigenvalue weighted by Gasteiger charge is 2.43. The van der Waals surface area contributed by atoms with Crippen LogP contribution in [0.5, 0.6) is 0 Å². The van der Waals surface area contributed by atoms with Crippen molar-refractivity contribution in [2.75, 3.05) is 79.3 Å². The highest BCUT2D eigenvalue weighted by atomic mass is 79.9. The lowest BCUT2D eigenvalue weighted by Gasteiger charge is -2.32. The first kappa shape index (κ1) is 32.7. The summed E-state index contributed by atoms with van der Waals surface area (Å²) in [6.45, 7) is 11.8. The fourth-order valence-electron chi connectivity index (χ4n) is 4.97. The molecule has 0 saturated heterocycles. The zero-order chi connectivity index (χ0) is 27.8. The fourth-order valence-corrected chi connectivity index (χ4v) is 5.69. The molecular formula is C31H44Br2O6. The van der Waals surface area contributed by atoms with Crippen LogP contribution < -0.4 is 0 Å². The Morgan fingerprint density at radius 2 is 0.821 bits per heavy atom. The number of fused-ring (bicyclic) bond motifs is 3. The molecule has 2 aromatic carbocycles. The van der Waals surface area contributed by atoms with Gasteiger partial charge in [0.25, 0.3) is 0 Å². The second kappa shape index (κ2) is 18.6. The summed E-state index contributed by atoms with van der Waals surface area (Å²) in [6, 6.07) is 13.2. The molecule has 0 spiro atoms. The third-order valence-corrected chi connectivity index (χ3v) is 7.80. The molecule has 0 amide bonds. The van der Waals surface area contributed by atoms with Crippen molar-refractivity contribution in [3.63, 3.8) is 0 Å². The van der Waals surface area contributed by atoms with Crippen molar-refractivity contribution in [3.8, 4) is 11.1 Å². The second-order valence-corrected chi connectivity index (χ2v) is 11.5. The van der Waals surface area contributed by atoms with Gasteiger partial charge in [0.1, 0.15) is 0 Å². The number of benzene rings is 2. The zero-order valence-electron chi connectivity index (χ0n) is 23.5. The Morgan fingerprint density at radius 3 is 1.18 bits per heavy atom. The normalized spacial score (nSPS) is 13.5. The van der Waals surface area contributed by atoms with Crippen molar-refractivity contribution in [2.45, 2.75) is 44.9 Å². The first-order valence-corrected chi connectivity index (χ1v) is 15.8. The summed E-state index contributed by atoms with van der Waals surface area (Å²) in [5.41, 5.74) is 5.01. The predicted molar refractivity (Wildman–Crippen MR) is 163 cm³/mol. The number of hydrogen-bond donors (Lipinski definition) is 0. The van der Waals surface area contributed by atoms with Gasteiger partial charge in [-0.15, -0.1) is 0 Å². The van der Waals surface area contributed by atoms with Crippen LogP contribution in [0.4, 0.5) is 0 Å². The van der Waals surface area contributed by atoms with E-state index in [-0.39, 0.29) is 5.41 Å². The summed E-state index contributed by atoms with van der Waals surface area (Å²) in [4.78, 5) is 0. The number of ether oxygens (including phenoxy) is 6. The van der Waals surface area contributed by atoms with Crippen molar-refractivity contribution in [3.05, 3.63) is 56.5 Å². The largest absolute Gasteiger partial charge is 0.379 e. The van der Waals surface area contributed by atoms with Crippen LogP contribution in [0.25, 0.3) is 11.1 Å². The molecule has 39 heavy (non-hydrogen) atoms. The average Bonchev–Trinajstić information content (AvgIpc) is 3.19. The lowest BCUT2D eigenvalue weighted by atomic mass is 9.73. The smallest absolute Gasteiger partial charge is 0.0701 e. The molecular weight excluding hydrogens is 628 g/mol. The summed E-state index contributed by atoms with van der Waals surface area (Å²) < 4.78 is 36.6. The van der Waals surface area contributed by atoms with E-state index in [1.165, 1.54) is 22.3 Å². The van der Waals surface area contributed by atoms with Crippen LogP contribution in [-0.2, 0) is 33.8 Å². The minimum absolute atomic E-state index is 0.206. The third-order valence-electron chi connectivity index (χ3n) is 6.82. The molecule has 0 fully saturated rings. The van der Waals surface area contributed by atoms with E-state index >= 15 is 0 Å². The maximum absolute atomic E-state index is 6.08. The van der Waals surface area contributed by atoms with Crippen molar-refractivity contribution in [2.24, 2.45) is 0 Å². The van der Waals surface area contributed by atoms with Crippen LogP contribution >= 0.6 is 31.9 Å². The number of hydrogen-bond acceptors (Lipinski definition) is 6. The first-order chi connectivity index (χ1) is 19.1. The van der Waals surface area contributed by atoms with Gasteiger partial charge in [-0.05, 0) is 72.2 Å². The van der Waals surface area contributed by atoms with Crippen LogP contribution in [0.15, 0.2) is 45.3 Å². The van der Waals surface area contributed by atoms with Gasteiger partial charge in [0.05, 0.1) is 52.9 Å². The van der Waals surface area contributed by atoms with E-state index < -0.39 is 0 Å². The van der Waals surface area contributed by atoms with Gasteiger partial charge in [-0.1, -0.05) is 57.8 Å². The molecule has 0 aromatic heterocycles. The minimum Gasteiger partial charge on any atom is -0.379 e. The van der Waals surface area contributed by atoms with Crippen molar-refractivity contribution < 1.29 is 28.4 Å². The Kier molecular flexibility index (Phi) is 15.6. The Hall–Kier alpha value is -0.840. The van der Waals surface area contributed by atoms with Gasteiger partial charge in [0.2, 0.25) is 0 Å². The van der Waals surface area contributed by atoms with E-state index in [1.807, 2.05) is 0 Å². The standard InChI is InChI=1S/C31H44Br2O6/c1-3-11-34-15-19-38-21-17-36-13-9-31(10-14-37-18-22-39-20-16-35-12-4-2)29-23-25(32)5-7-27(29)28-8-6-26(33)24-30(28)31/h5-8,23-24H,3-4,9-22H2,1-2H3. The minimum atomic E-state index is -0.206. The maximum Gasteiger partial charge on any atom is 0.0701 e. The molecule has 3 rings (SSSR count). The Bertz CT molecular complexity index is 893.